The average Bonchev–Trinajstić information content (AvgIpc) is 2.27. The molecule has 1 atom stereocenters. The molecule has 1 aromatic carbocycles. The number of hydrogen-bond acceptors (Lipinski definition) is 2. The lowest BCUT2D eigenvalue weighted by Gasteiger charge is -2.29. The molecule has 0 radical (unpaired) electrons. The van der Waals surface area contributed by atoms with Crippen LogP contribution in [0.4, 0.5) is 8.78 Å². The van der Waals surface area contributed by atoms with Gasteiger partial charge < -0.3 is 5.11 Å². The van der Waals surface area contributed by atoms with Crippen LogP contribution in [0.5, 0.6) is 0 Å². The first-order valence-electron chi connectivity index (χ1n) is 5.47. The van der Waals surface area contributed by atoms with Gasteiger partial charge in [-0.1, -0.05) is 26.8 Å². The van der Waals surface area contributed by atoms with Crippen molar-refractivity contribution in [3.05, 3.63) is 35.4 Å². The zero-order chi connectivity index (χ0) is 13.2. The summed E-state index contributed by atoms with van der Waals surface area (Å²) < 4.78 is 26.2. The van der Waals surface area contributed by atoms with Crippen LogP contribution < -0.4 is 0 Å². The first kappa shape index (κ1) is 13.8. The Hall–Kier alpha value is -1.29. The van der Waals surface area contributed by atoms with Gasteiger partial charge in [0.2, 0.25) is 0 Å². The van der Waals surface area contributed by atoms with Crippen LogP contribution in [0.1, 0.15) is 38.9 Å². The maximum atomic E-state index is 13.5. The number of aliphatic hydroxyl groups excluding tert-OH is 1. The number of aliphatic hydroxyl groups is 1. The van der Waals surface area contributed by atoms with E-state index in [9.17, 15) is 18.7 Å². The lowest BCUT2D eigenvalue weighted by atomic mass is 9.78. The average molecular weight is 242 g/mol. The molecule has 0 saturated carbocycles. The Morgan fingerprint density at radius 2 is 2.00 bits per heavy atom. The molecule has 0 bridgehead atoms. The van der Waals surface area contributed by atoms with Crippen molar-refractivity contribution in [2.75, 3.05) is 0 Å². The Kier molecular flexibility index (Phi) is 3.98. The highest BCUT2D eigenvalue weighted by atomic mass is 19.1. The lowest BCUT2D eigenvalue weighted by molar-refractivity contribution is -0.133. The summed E-state index contributed by atoms with van der Waals surface area (Å²) in [6.45, 7) is 4.77. The second kappa shape index (κ2) is 4.92. The van der Waals surface area contributed by atoms with E-state index in [1.54, 1.807) is 20.8 Å². The van der Waals surface area contributed by atoms with Crippen LogP contribution in [-0.4, -0.2) is 10.9 Å². The number of Topliss-reactive ketones (excluding diaryl/α,β-unsaturated/α-hetero) is 1. The summed E-state index contributed by atoms with van der Waals surface area (Å²) >= 11 is 0. The highest BCUT2D eigenvalue weighted by molar-refractivity contribution is 5.84. The largest absolute Gasteiger partial charge is 0.387 e. The fraction of sp³-hybridized carbons (Fsp3) is 0.462. The van der Waals surface area contributed by atoms with Crippen LogP contribution in [0.3, 0.4) is 0 Å². The van der Waals surface area contributed by atoms with E-state index in [-0.39, 0.29) is 17.8 Å². The Morgan fingerprint density at radius 3 is 2.47 bits per heavy atom. The van der Waals surface area contributed by atoms with E-state index >= 15 is 0 Å². The molecule has 94 valence electrons. The van der Waals surface area contributed by atoms with Crippen molar-refractivity contribution in [3.8, 4) is 0 Å². The molecule has 1 unspecified atom stereocenters. The summed E-state index contributed by atoms with van der Waals surface area (Å²) in [6.07, 6.45) is -1.03. The molecular formula is C13H16F2O2. The first-order chi connectivity index (χ1) is 7.80. The van der Waals surface area contributed by atoms with Crippen molar-refractivity contribution < 1.29 is 18.7 Å². The monoisotopic (exact) mass is 242 g/mol. The predicted molar refractivity (Wildman–Crippen MR) is 60.4 cm³/mol. The second-order valence-corrected chi connectivity index (χ2v) is 4.57. The van der Waals surface area contributed by atoms with Gasteiger partial charge >= 0.3 is 0 Å². The minimum absolute atomic E-state index is 0.0572. The van der Waals surface area contributed by atoms with E-state index in [4.69, 9.17) is 0 Å². The molecule has 0 amide bonds. The molecule has 0 aliphatic rings. The van der Waals surface area contributed by atoms with Gasteiger partial charge in [-0.2, -0.15) is 0 Å². The van der Waals surface area contributed by atoms with Crippen LogP contribution in [0, 0.1) is 17.0 Å². The minimum atomic E-state index is -1.28. The zero-order valence-corrected chi connectivity index (χ0v) is 10.1. The molecule has 0 aliphatic heterocycles. The van der Waals surface area contributed by atoms with Gasteiger partial charge in [0.05, 0.1) is 11.5 Å². The highest BCUT2D eigenvalue weighted by Crippen LogP contribution is 2.36. The molecule has 17 heavy (non-hydrogen) atoms. The van der Waals surface area contributed by atoms with Crippen molar-refractivity contribution in [1.82, 2.24) is 0 Å². The Labute approximate surface area is 99.3 Å². The van der Waals surface area contributed by atoms with E-state index in [0.29, 0.717) is 6.07 Å². The van der Waals surface area contributed by atoms with Crippen LogP contribution >= 0.6 is 0 Å². The van der Waals surface area contributed by atoms with Crippen molar-refractivity contribution in [3.63, 3.8) is 0 Å². The Morgan fingerprint density at radius 1 is 1.41 bits per heavy atom. The first-order valence-corrected chi connectivity index (χ1v) is 5.47. The normalized spacial score (nSPS) is 13.5. The molecule has 1 aromatic rings. The maximum Gasteiger partial charge on any atom is 0.141 e. The summed E-state index contributed by atoms with van der Waals surface area (Å²) in [5, 5.41) is 10.0. The number of carbonyl (C=O) groups is 1. The van der Waals surface area contributed by atoms with E-state index in [1.165, 1.54) is 6.07 Å². The molecule has 0 spiro atoms. The molecule has 1 N–H and O–H groups in total. The maximum absolute atomic E-state index is 13.5. The lowest BCUT2D eigenvalue weighted by Crippen LogP contribution is -2.31. The van der Waals surface area contributed by atoms with Gasteiger partial charge in [0.1, 0.15) is 17.4 Å². The SMILES string of the molecule is CCC(=O)C(C)(C)C(O)c1ccc(F)cc1F. The van der Waals surface area contributed by atoms with Crippen LogP contribution in [0.25, 0.3) is 0 Å². The van der Waals surface area contributed by atoms with E-state index in [1.807, 2.05) is 0 Å². The number of rotatable bonds is 4. The zero-order valence-electron chi connectivity index (χ0n) is 10.1. The van der Waals surface area contributed by atoms with Crippen LogP contribution in [-0.2, 0) is 4.79 Å². The molecule has 0 aliphatic carbocycles. The van der Waals surface area contributed by atoms with E-state index in [2.05, 4.69) is 0 Å². The van der Waals surface area contributed by atoms with E-state index in [0.717, 1.165) is 6.07 Å². The fourth-order valence-corrected chi connectivity index (χ4v) is 1.72. The number of ketones is 1. The van der Waals surface area contributed by atoms with Gasteiger partial charge in [-0.25, -0.2) is 8.78 Å². The fourth-order valence-electron chi connectivity index (χ4n) is 1.72. The number of hydrogen-bond donors (Lipinski definition) is 1. The predicted octanol–water partition coefficient (Wildman–Crippen LogP) is 3.00. The summed E-state index contributed by atoms with van der Waals surface area (Å²) in [7, 11) is 0. The summed E-state index contributed by atoms with van der Waals surface area (Å²) in [5.41, 5.74) is -1.15. The molecular weight excluding hydrogens is 226 g/mol. The summed E-state index contributed by atoms with van der Waals surface area (Å²) in [5.74, 6) is -1.72. The van der Waals surface area contributed by atoms with Crippen molar-refractivity contribution in [1.29, 1.82) is 0 Å². The number of benzene rings is 1. The van der Waals surface area contributed by atoms with Crippen molar-refractivity contribution in [2.45, 2.75) is 33.3 Å². The second-order valence-electron chi connectivity index (χ2n) is 4.57. The van der Waals surface area contributed by atoms with Crippen LogP contribution in [0.15, 0.2) is 18.2 Å². The Balaban J connectivity index is 3.11. The molecule has 2 nitrogen and oxygen atoms in total. The van der Waals surface area contributed by atoms with Crippen LogP contribution in [0.2, 0.25) is 0 Å². The third kappa shape index (κ3) is 2.69. The van der Waals surface area contributed by atoms with E-state index < -0.39 is 23.2 Å². The van der Waals surface area contributed by atoms with Gasteiger partial charge in [-0.3, -0.25) is 4.79 Å². The third-order valence-electron chi connectivity index (χ3n) is 2.98. The van der Waals surface area contributed by atoms with Gasteiger partial charge in [0, 0.05) is 18.1 Å². The van der Waals surface area contributed by atoms with Gasteiger partial charge in [-0.15, -0.1) is 0 Å². The Bertz CT molecular complexity index is 427. The number of carbonyl (C=O) groups excluding carboxylic acids is 1. The molecule has 0 fully saturated rings. The van der Waals surface area contributed by atoms with Gasteiger partial charge in [0.15, 0.2) is 0 Å². The van der Waals surface area contributed by atoms with Gasteiger partial charge in [0.25, 0.3) is 0 Å². The highest BCUT2D eigenvalue weighted by Gasteiger charge is 2.36. The van der Waals surface area contributed by atoms with Gasteiger partial charge in [-0.05, 0) is 6.07 Å². The standard InChI is InChI=1S/C13H16F2O2/c1-4-11(16)13(2,3)12(17)9-6-5-8(14)7-10(9)15/h5-7,12,17H,4H2,1-3H3. The molecule has 1 rings (SSSR count). The molecule has 0 aromatic heterocycles. The summed E-state index contributed by atoms with van der Waals surface area (Å²) in [6, 6.07) is 2.93. The third-order valence-corrected chi connectivity index (χ3v) is 2.98. The minimum Gasteiger partial charge on any atom is -0.387 e. The quantitative estimate of drug-likeness (QED) is 0.881. The molecule has 0 saturated heterocycles. The summed E-state index contributed by atoms with van der Waals surface area (Å²) in [4.78, 5) is 11.7. The topological polar surface area (TPSA) is 37.3 Å². The van der Waals surface area contributed by atoms with Crippen molar-refractivity contribution in [2.24, 2.45) is 5.41 Å². The molecule has 4 heteroatoms. The molecule has 0 heterocycles. The van der Waals surface area contributed by atoms with Crippen molar-refractivity contribution >= 4 is 5.78 Å². The number of halogens is 2. The smallest absolute Gasteiger partial charge is 0.141 e.